The van der Waals surface area contributed by atoms with Crippen molar-refractivity contribution in [3.05, 3.63) is 94.5 Å². The molecule has 0 bridgehead atoms. The van der Waals surface area contributed by atoms with Gasteiger partial charge in [0.25, 0.3) is 5.91 Å². The molecule has 0 aliphatic carbocycles. The highest BCUT2D eigenvalue weighted by Crippen LogP contribution is 2.33. The summed E-state index contributed by atoms with van der Waals surface area (Å²) in [7, 11) is 0. The van der Waals surface area contributed by atoms with Crippen LogP contribution in [-0.2, 0) is 4.79 Å². The molecule has 0 saturated carbocycles. The van der Waals surface area contributed by atoms with Gasteiger partial charge in [-0.15, -0.1) is 0 Å². The summed E-state index contributed by atoms with van der Waals surface area (Å²) in [5.41, 5.74) is 1.74. The van der Waals surface area contributed by atoms with Gasteiger partial charge < -0.3 is 14.5 Å². The number of fused-ring (bicyclic) bond motifs is 1. The zero-order valence-corrected chi connectivity index (χ0v) is 18.1. The van der Waals surface area contributed by atoms with Crippen molar-refractivity contribution >= 4 is 39.9 Å². The number of ether oxygens (including phenoxy) is 1. The number of anilines is 1. The average molecular weight is 452 g/mol. The lowest BCUT2D eigenvalue weighted by Gasteiger charge is -2.15. The number of rotatable bonds is 6. The van der Waals surface area contributed by atoms with Crippen molar-refractivity contribution in [1.29, 1.82) is 0 Å². The standard InChI is InChI=1S/C25H19ClFNO4/c1-14-13-18(11-12-20(14)26)31-15(2)25(30)28-22-19-5-3-4-6-21(19)32-24(22)23(29)16-7-9-17(27)10-8-16/h3-13,15H,1-2H3,(H,28,30)/t15-/m1/s1. The smallest absolute Gasteiger partial charge is 0.265 e. The number of aryl methyl sites for hydroxylation is 1. The lowest BCUT2D eigenvalue weighted by Crippen LogP contribution is -2.30. The number of hydrogen-bond acceptors (Lipinski definition) is 4. The van der Waals surface area contributed by atoms with Gasteiger partial charge in [0.05, 0.1) is 5.69 Å². The lowest BCUT2D eigenvalue weighted by molar-refractivity contribution is -0.122. The fraction of sp³-hybridized carbons (Fsp3) is 0.120. The summed E-state index contributed by atoms with van der Waals surface area (Å²) in [6.07, 6.45) is -0.863. The zero-order valence-electron chi connectivity index (χ0n) is 17.3. The molecule has 4 rings (SSSR count). The second-order valence-electron chi connectivity index (χ2n) is 7.30. The molecule has 0 unspecified atom stereocenters. The van der Waals surface area contributed by atoms with Gasteiger partial charge in [0.15, 0.2) is 11.9 Å². The normalized spacial score (nSPS) is 11.9. The highest BCUT2D eigenvalue weighted by atomic mass is 35.5. The molecule has 162 valence electrons. The van der Waals surface area contributed by atoms with Gasteiger partial charge >= 0.3 is 0 Å². The van der Waals surface area contributed by atoms with Crippen LogP contribution in [0.3, 0.4) is 0 Å². The SMILES string of the molecule is Cc1cc(O[C@H](C)C(=O)Nc2c(C(=O)c3ccc(F)cc3)oc3ccccc23)ccc1Cl. The second kappa shape index (κ2) is 8.85. The summed E-state index contributed by atoms with van der Waals surface area (Å²) in [4.78, 5) is 26.0. The molecule has 4 aromatic rings. The minimum atomic E-state index is -0.863. The van der Waals surface area contributed by atoms with Crippen molar-refractivity contribution < 1.29 is 23.1 Å². The third-order valence-corrected chi connectivity index (χ3v) is 5.39. The van der Waals surface area contributed by atoms with E-state index in [0.717, 1.165) is 5.56 Å². The van der Waals surface area contributed by atoms with Crippen LogP contribution in [0.15, 0.2) is 71.1 Å². The summed E-state index contributed by atoms with van der Waals surface area (Å²) in [5, 5.41) is 3.93. The second-order valence-corrected chi connectivity index (χ2v) is 7.71. The van der Waals surface area contributed by atoms with Gasteiger partial charge in [0, 0.05) is 16.0 Å². The van der Waals surface area contributed by atoms with Crippen LogP contribution in [0.1, 0.15) is 28.6 Å². The predicted molar refractivity (Wildman–Crippen MR) is 121 cm³/mol. The fourth-order valence-corrected chi connectivity index (χ4v) is 3.35. The Kier molecular flexibility index (Phi) is 5.97. The van der Waals surface area contributed by atoms with Crippen LogP contribution in [0, 0.1) is 12.7 Å². The van der Waals surface area contributed by atoms with Crippen LogP contribution in [-0.4, -0.2) is 17.8 Å². The van der Waals surface area contributed by atoms with Crippen LogP contribution < -0.4 is 10.1 Å². The van der Waals surface area contributed by atoms with E-state index in [1.807, 2.05) is 6.92 Å². The summed E-state index contributed by atoms with van der Waals surface area (Å²) in [6.45, 7) is 3.44. The Balaban J connectivity index is 1.63. The molecule has 0 aliphatic rings. The molecule has 1 heterocycles. The van der Waals surface area contributed by atoms with Crippen molar-refractivity contribution in [2.24, 2.45) is 0 Å². The van der Waals surface area contributed by atoms with Gasteiger partial charge in [0.2, 0.25) is 5.78 Å². The number of amides is 1. The molecular formula is C25H19ClFNO4. The largest absolute Gasteiger partial charge is 0.481 e. The number of ketones is 1. The molecule has 1 amide bonds. The molecule has 3 aromatic carbocycles. The first kappa shape index (κ1) is 21.6. The van der Waals surface area contributed by atoms with Crippen LogP contribution in [0.4, 0.5) is 10.1 Å². The van der Waals surface area contributed by atoms with Gasteiger partial charge in [-0.3, -0.25) is 9.59 Å². The Morgan fingerprint density at radius 2 is 1.78 bits per heavy atom. The Hall–Kier alpha value is -3.64. The minimum absolute atomic E-state index is 0.0410. The van der Waals surface area contributed by atoms with Crippen LogP contribution in [0.2, 0.25) is 5.02 Å². The number of hydrogen-bond donors (Lipinski definition) is 1. The first-order valence-electron chi connectivity index (χ1n) is 9.89. The lowest BCUT2D eigenvalue weighted by atomic mass is 10.1. The van der Waals surface area contributed by atoms with E-state index >= 15 is 0 Å². The summed E-state index contributed by atoms with van der Waals surface area (Å²) < 4.78 is 24.8. The Labute approximate surface area is 188 Å². The molecule has 7 heteroatoms. The zero-order chi connectivity index (χ0) is 22.8. The van der Waals surface area contributed by atoms with Gasteiger partial charge in [-0.1, -0.05) is 23.7 Å². The quantitative estimate of drug-likeness (QED) is 0.356. The molecule has 0 fully saturated rings. The van der Waals surface area contributed by atoms with Crippen molar-refractivity contribution in [3.8, 4) is 5.75 Å². The molecule has 0 spiro atoms. The number of carbonyl (C=O) groups excluding carboxylic acids is 2. The third kappa shape index (κ3) is 4.36. The maximum absolute atomic E-state index is 13.3. The van der Waals surface area contributed by atoms with Crippen molar-refractivity contribution in [2.75, 3.05) is 5.32 Å². The van der Waals surface area contributed by atoms with Gasteiger partial charge in [0.1, 0.15) is 17.1 Å². The number of benzene rings is 3. The van der Waals surface area contributed by atoms with E-state index in [0.29, 0.717) is 21.7 Å². The van der Waals surface area contributed by atoms with E-state index in [1.165, 1.54) is 24.3 Å². The number of carbonyl (C=O) groups is 2. The average Bonchev–Trinajstić information content (AvgIpc) is 3.14. The van der Waals surface area contributed by atoms with E-state index in [1.54, 1.807) is 49.4 Å². The third-order valence-electron chi connectivity index (χ3n) is 4.97. The van der Waals surface area contributed by atoms with Crippen molar-refractivity contribution in [2.45, 2.75) is 20.0 Å². The molecule has 32 heavy (non-hydrogen) atoms. The van der Waals surface area contributed by atoms with E-state index in [4.69, 9.17) is 20.8 Å². The Bertz CT molecular complexity index is 1310. The molecular weight excluding hydrogens is 433 g/mol. The Morgan fingerprint density at radius 1 is 1.06 bits per heavy atom. The molecule has 1 atom stereocenters. The van der Waals surface area contributed by atoms with Crippen molar-refractivity contribution in [1.82, 2.24) is 0 Å². The molecule has 0 saturated heterocycles. The summed E-state index contributed by atoms with van der Waals surface area (Å²) >= 11 is 6.04. The summed E-state index contributed by atoms with van der Waals surface area (Å²) in [5.74, 6) is -0.936. The van der Waals surface area contributed by atoms with Gasteiger partial charge in [-0.25, -0.2) is 4.39 Å². The number of nitrogens with one attached hydrogen (secondary N) is 1. The van der Waals surface area contributed by atoms with Crippen LogP contribution in [0.25, 0.3) is 11.0 Å². The topological polar surface area (TPSA) is 68.5 Å². The fourth-order valence-electron chi connectivity index (χ4n) is 3.23. The number of halogens is 2. The summed E-state index contributed by atoms with van der Waals surface area (Å²) in [6, 6.07) is 17.2. The highest BCUT2D eigenvalue weighted by molar-refractivity contribution is 6.31. The van der Waals surface area contributed by atoms with Crippen LogP contribution in [0.5, 0.6) is 5.75 Å². The molecule has 0 radical (unpaired) electrons. The predicted octanol–water partition coefficient (Wildman–Crippen LogP) is 6.17. The van der Waals surface area contributed by atoms with Crippen molar-refractivity contribution in [3.63, 3.8) is 0 Å². The van der Waals surface area contributed by atoms with E-state index in [-0.39, 0.29) is 17.0 Å². The number of furan rings is 1. The molecule has 1 N–H and O–H groups in total. The monoisotopic (exact) mass is 451 g/mol. The van der Waals surface area contributed by atoms with Gasteiger partial charge in [-0.05, 0) is 74.0 Å². The van der Waals surface area contributed by atoms with Gasteiger partial charge in [-0.2, -0.15) is 0 Å². The highest BCUT2D eigenvalue weighted by Gasteiger charge is 2.25. The van der Waals surface area contributed by atoms with E-state index in [9.17, 15) is 14.0 Å². The van der Waals surface area contributed by atoms with Crippen LogP contribution >= 0.6 is 11.6 Å². The maximum atomic E-state index is 13.3. The number of para-hydroxylation sites is 1. The Morgan fingerprint density at radius 3 is 2.50 bits per heavy atom. The van der Waals surface area contributed by atoms with E-state index < -0.39 is 23.6 Å². The van der Waals surface area contributed by atoms with E-state index in [2.05, 4.69) is 5.32 Å². The maximum Gasteiger partial charge on any atom is 0.265 e. The first-order chi connectivity index (χ1) is 15.3. The minimum Gasteiger partial charge on any atom is -0.481 e. The molecule has 0 aliphatic heterocycles. The molecule has 1 aromatic heterocycles. The molecule has 5 nitrogen and oxygen atoms in total. The first-order valence-corrected chi connectivity index (χ1v) is 10.3.